The fourth-order valence-electron chi connectivity index (χ4n) is 4.09. The number of nitrogens with zero attached hydrogens (tertiary/aromatic N) is 2. The smallest absolute Gasteiger partial charge is 0.0480 e. The summed E-state index contributed by atoms with van der Waals surface area (Å²) in [6, 6.07) is 9.98. The first-order valence-electron chi connectivity index (χ1n) is 8.36. The summed E-state index contributed by atoms with van der Waals surface area (Å²) < 4.78 is 2.32. The van der Waals surface area contributed by atoms with Crippen LogP contribution in [0.1, 0.15) is 25.3 Å². The molecule has 1 N–H and O–H groups in total. The van der Waals surface area contributed by atoms with Crippen LogP contribution in [0.2, 0.25) is 0 Å². The second-order valence-electron chi connectivity index (χ2n) is 6.68. The van der Waals surface area contributed by atoms with E-state index in [2.05, 4.69) is 52.2 Å². The summed E-state index contributed by atoms with van der Waals surface area (Å²) in [7, 11) is 0. The van der Waals surface area contributed by atoms with Crippen LogP contribution in [0.25, 0.3) is 10.9 Å². The Morgan fingerprint density at radius 2 is 2.14 bits per heavy atom. The Morgan fingerprint density at radius 1 is 1.19 bits per heavy atom. The lowest BCUT2D eigenvalue weighted by Gasteiger charge is -2.36. The van der Waals surface area contributed by atoms with Crippen LogP contribution in [0.4, 0.5) is 0 Å². The molecule has 4 heterocycles. The molecule has 3 fully saturated rings. The molecule has 2 bridgehead atoms. The normalized spacial score (nSPS) is 26.3. The molecule has 5 rings (SSSR count). The van der Waals surface area contributed by atoms with Gasteiger partial charge in [-0.2, -0.15) is 0 Å². The van der Waals surface area contributed by atoms with Crippen molar-refractivity contribution in [3.63, 3.8) is 0 Å². The molecule has 21 heavy (non-hydrogen) atoms. The zero-order valence-electron chi connectivity index (χ0n) is 12.9. The van der Waals surface area contributed by atoms with Gasteiger partial charge in [-0.1, -0.05) is 6.07 Å². The van der Waals surface area contributed by atoms with Gasteiger partial charge in [0.15, 0.2) is 0 Å². The monoisotopic (exact) mass is 283 g/mol. The number of rotatable bonds is 3. The maximum absolute atomic E-state index is 3.62. The molecule has 0 aliphatic carbocycles. The van der Waals surface area contributed by atoms with Gasteiger partial charge in [-0.15, -0.1) is 0 Å². The molecule has 1 aromatic heterocycles. The number of hydrogen-bond donors (Lipinski definition) is 1. The van der Waals surface area contributed by atoms with Gasteiger partial charge in [0.05, 0.1) is 0 Å². The molecule has 0 unspecified atom stereocenters. The highest BCUT2D eigenvalue weighted by Crippen LogP contribution is 2.27. The standard InChI is InChI=1S/C18H25N3/c1-2-20-8-7-16-9-14(4-6-18(16)20)12-21-13-15-3-5-17(21)11-19-10-15/h4,6-9,15,17,19H,2-3,5,10-13H2,1H3/t15-,17+/m1/s1. The van der Waals surface area contributed by atoms with Crippen LogP contribution in [-0.4, -0.2) is 35.1 Å². The highest BCUT2D eigenvalue weighted by Gasteiger charge is 2.30. The van der Waals surface area contributed by atoms with Gasteiger partial charge in [0.2, 0.25) is 0 Å². The number of fused-ring (bicyclic) bond motifs is 5. The molecule has 0 amide bonds. The van der Waals surface area contributed by atoms with Crippen LogP contribution in [0.5, 0.6) is 0 Å². The third-order valence-electron chi connectivity index (χ3n) is 5.29. The van der Waals surface area contributed by atoms with Crippen molar-refractivity contribution in [2.45, 2.75) is 38.9 Å². The second kappa shape index (κ2) is 5.47. The van der Waals surface area contributed by atoms with Crippen LogP contribution in [-0.2, 0) is 13.1 Å². The Kier molecular flexibility index (Phi) is 3.48. The van der Waals surface area contributed by atoms with Gasteiger partial charge in [-0.3, -0.25) is 4.90 Å². The average molecular weight is 283 g/mol. The lowest BCUT2D eigenvalue weighted by atomic mass is 9.94. The minimum Gasteiger partial charge on any atom is -0.348 e. The number of nitrogens with one attached hydrogen (secondary N) is 1. The maximum Gasteiger partial charge on any atom is 0.0480 e. The topological polar surface area (TPSA) is 20.2 Å². The fourth-order valence-corrected chi connectivity index (χ4v) is 4.09. The average Bonchev–Trinajstić information content (AvgIpc) is 2.66. The van der Waals surface area contributed by atoms with Crippen molar-refractivity contribution in [1.29, 1.82) is 0 Å². The van der Waals surface area contributed by atoms with E-state index in [9.17, 15) is 0 Å². The Morgan fingerprint density at radius 3 is 3.05 bits per heavy atom. The molecule has 2 aromatic rings. The summed E-state index contributed by atoms with van der Waals surface area (Å²) in [6.07, 6.45) is 4.98. The molecule has 0 radical (unpaired) electrons. The third-order valence-corrected chi connectivity index (χ3v) is 5.29. The predicted octanol–water partition coefficient (Wildman–Crippen LogP) is 2.85. The second-order valence-corrected chi connectivity index (χ2v) is 6.68. The van der Waals surface area contributed by atoms with Gasteiger partial charge in [0, 0.05) is 43.9 Å². The predicted molar refractivity (Wildman–Crippen MR) is 87.4 cm³/mol. The Bertz CT molecular complexity index is 626. The van der Waals surface area contributed by atoms with Crippen molar-refractivity contribution >= 4 is 10.9 Å². The minimum atomic E-state index is 0.736. The van der Waals surface area contributed by atoms with E-state index in [-0.39, 0.29) is 0 Å². The van der Waals surface area contributed by atoms with Crippen LogP contribution >= 0.6 is 0 Å². The lowest BCUT2D eigenvalue weighted by Crippen LogP contribution is -2.42. The van der Waals surface area contributed by atoms with E-state index in [1.807, 2.05) is 0 Å². The summed E-state index contributed by atoms with van der Waals surface area (Å²) in [6.45, 7) is 8.01. The van der Waals surface area contributed by atoms with Gasteiger partial charge >= 0.3 is 0 Å². The summed E-state index contributed by atoms with van der Waals surface area (Å²) in [5.41, 5.74) is 2.82. The quantitative estimate of drug-likeness (QED) is 0.934. The molecule has 1 aromatic carbocycles. The van der Waals surface area contributed by atoms with Crippen molar-refractivity contribution in [2.24, 2.45) is 5.92 Å². The molecular weight excluding hydrogens is 258 g/mol. The zero-order valence-corrected chi connectivity index (χ0v) is 12.9. The molecule has 2 atom stereocenters. The van der Waals surface area contributed by atoms with E-state index in [0.717, 1.165) is 25.0 Å². The highest BCUT2D eigenvalue weighted by molar-refractivity contribution is 5.80. The summed E-state index contributed by atoms with van der Waals surface area (Å²) in [5, 5.41) is 5.00. The maximum atomic E-state index is 3.62. The number of aromatic nitrogens is 1. The fraction of sp³-hybridized carbons (Fsp3) is 0.556. The minimum absolute atomic E-state index is 0.736. The van der Waals surface area contributed by atoms with E-state index in [1.165, 1.54) is 48.9 Å². The van der Waals surface area contributed by atoms with Crippen LogP contribution < -0.4 is 5.32 Å². The van der Waals surface area contributed by atoms with Crippen LogP contribution in [0.15, 0.2) is 30.5 Å². The van der Waals surface area contributed by atoms with Crippen molar-refractivity contribution < 1.29 is 0 Å². The van der Waals surface area contributed by atoms with E-state index in [1.54, 1.807) is 0 Å². The number of piperidine rings is 1. The molecular formula is C18H25N3. The first-order chi connectivity index (χ1) is 10.3. The first-order valence-corrected chi connectivity index (χ1v) is 8.36. The van der Waals surface area contributed by atoms with E-state index in [4.69, 9.17) is 0 Å². The molecule has 3 nitrogen and oxygen atoms in total. The van der Waals surface area contributed by atoms with Crippen molar-refractivity contribution in [1.82, 2.24) is 14.8 Å². The van der Waals surface area contributed by atoms with E-state index < -0.39 is 0 Å². The summed E-state index contributed by atoms with van der Waals surface area (Å²) in [5.74, 6) is 0.855. The van der Waals surface area contributed by atoms with Gasteiger partial charge in [0.25, 0.3) is 0 Å². The van der Waals surface area contributed by atoms with E-state index >= 15 is 0 Å². The Balaban J connectivity index is 1.56. The van der Waals surface area contributed by atoms with Crippen molar-refractivity contribution in [2.75, 3.05) is 19.6 Å². The van der Waals surface area contributed by atoms with Gasteiger partial charge in [0.1, 0.15) is 0 Å². The molecule has 3 aliphatic heterocycles. The number of aryl methyl sites for hydroxylation is 1. The SMILES string of the molecule is CCn1ccc2cc(CN3C[C@@H]4CC[C@H]3CNC4)ccc21. The number of benzene rings is 1. The van der Waals surface area contributed by atoms with Gasteiger partial charge in [-0.05, 0) is 61.4 Å². The molecule has 0 saturated carbocycles. The Labute approximate surface area is 126 Å². The lowest BCUT2D eigenvalue weighted by molar-refractivity contribution is 0.126. The molecule has 3 saturated heterocycles. The summed E-state index contributed by atoms with van der Waals surface area (Å²) in [4.78, 5) is 2.70. The molecule has 112 valence electrons. The van der Waals surface area contributed by atoms with Gasteiger partial charge in [-0.25, -0.2) is 0 Å². The third kappa shape index (κ3) is 2.49. The largest absolute Gasteiger partial charge is 0.348 e. The highest BCUT2D eigenvalue weighted by atomic mass is 15.2. The molecule has 0 spiro atoms. The first kappa shape index (κ1) is 13.4. The Hall–Kier alpha value is -1.32. The molecule has 3 heteroatoms. The number of hydrogen-bond acceptors (Lipinski definition) is 2. The summed E-state index contributed by atoms with van der Waals surface area (Å²) >= 11 is 0. The van der Waals surface area contributed by atoms with E-state index in [0.29, 0.717) is 0 Å². The van der Waals surface area contributed by atoms with Crippen molar-refractivity contribution in [3.05, 3.63) is 36.0 Å². The zero-order chi connectivity index (χ0) is 14.2. The van der Waals surface area contributed by atoms with Crippen LogP contribution in [0.3, 0.4) is 0 Å². The van der Waals surface area contributed by atoms with Crippen LogP contribution in [0, 0.1) is 5.92 Å². The van der Waals surface area contributed by atoms with Crippen molar-refractivity contribution in [3.8, 4) is 0 Å². The molecule has 3 aliphatic rings. The van der Waals surface area contributed by atoms with Gasteiger partial charge < -0.3 is 9.88 Å².